The maximum atomic E-state index is 12.0. The molecule has 1 heterocycles. The van der Waals surface area contributed by atoms with Crippen molar-refractivity contribution in [3.63, 3.8) is 0 Å². The standard InChI is InChI=1S/C16H15N3O5S/c1-2-24-15(21)9-25-16-13(8-17)12(7-14(20)18-16)10-4-3-5-11(6-10)19(22)23/h3-6,12H,2,7,9H2,1H3,(H,18,20)/t12-/m0/s1. The van der Waals surface area contributed by atoms with Crippen LogP contribution in [0, 0.1) is 21.4 Å². The highest BCUT2D eigenvalue weighted by Crippen LogP contribution is 2.36. The van der Waals surface area contributed by atoms with Gasteiger partial charge in [0.2, 0.25) is 5.91 Å². The summed E-state index contributed by atoms with van der Waals surface area (Å²) in [7, 11) is 0. The molecule has 1 aromatic rings. The largest absolute Gasteiger partial charge is 0.465 e. The summed E-state index contributed by atoms with van der Waals surface area (Å²) < 4.78 is 4.83. The van der Waals surface area contributed by atoms with E-state index in [0.717, 1.165) is 11.8 Å². The summed E-state index contributed by atoms with van der Waals surface area (Å²) in [6.45, 7) is 1.93. The monoisotopic (exact) mass is 361 g/mol. The molecule has 0 radical (unpaired) electrons. The van der Waals surface area contributed by atoms with Crippen LogP contribution in [-0.4, -0.2) is 29.2 Å². The van der Waals surface area contributed by atoms with Gasteiger partial charge >= 0.3 is 5.97 Å². The lowest BCUT2D eigenvalue weighted by atomic mass is 9.87. The van der Waals surface area contributed by atoms with Crippen LogP contribution in [0.4, 0.5) is 5.69 Å². The number of nitro groups is 1. The highest BCUT2D eigenvalue weighted by Gasteiger charge is 2.30. The number of hydrogen-bond acceptors (Lipinski definition) is 7. The van der Waals surface area contributed by atoms with Crippen molar-refractivity contribution < 1.29 is 19.2 Å². The number of hydrogen-bond donors (Lipinski definition) is 1. The molecule has 1 aliphatic rings. The first-order valence-electron chi connectivity index (χ1n) is 7.43. The van der Waals surface area contributed by atoms with E-state index < -0.39 is 16.8 Å². The predicted molar refractivity (Wildman–Crippen MR) is 90.3 cm³/mol. The number of nitrogens with zero attached hydrogens (tertiary/aromatic N) is 2. The number of nitrogens with one attached hydrogen (secondary N) is 1. The quantitative estimate of drug-likeness (QED) is 0.468. The van der Waals surface area contributed by atoms with Gasteiger partial charge in [-0.2, -0.15) is 5.26 Å². The fourth-order valence-electron chi connectivity index (χ4n) is 2.41. The Balaban J connectivity index is 2.33. The van der Waals surface area contributed by atoms with Gasteiger partial charge in [0.1, 0.15) is 0 Å². The zero-order chi connectivity index (χ0) is 18.4. The molecule has 9 heteroatoms. The number of carbonyl (C=O) groups is 2. The van der Waals surface area contributed by atoms with Gasteiger partial charge in [-0.15, -0.1) is 0 Å². The molecule has 130 valence electrons. The number of benzene rings is 1. The van der Waals surface area contributed by atoms with Crippen LogP contribution in [0.25, 0.3) is 0 Å². The van der Waals surface area contributed by atoms with Crippen LogP contribution in [0.5, 0.6) is 0 Å². The molecule has 1 aliphatic heterocycles. The predicted octanol–water partition coefficient (Wildman–Crippen LogP) is 2.23. The van der Waals surface area contributed by atoms with Crippen molar-refractivity contribution >= 4 is 29.3 Å². The third kappa shape index (κ3) is 4.58. The summed E-state index contributed by atoms with van der Waals surface area (Å²) in [6, 6.07) is 7.91. The van der Waals surface area contributed by atoms with E-state index in [1.807, 2.05) is 6.07 Å². The van der Waals surface area contributed by atoms with Crippen LogP contribution in [0.2, 0.25) is 0 Å². The summed E-state index contributed by atoms with van der Waals surface area (Å²) >= 11 is 1.01. The van der Waals surface area contributed by atoms with Crippen molar-refractivity contribution in [1.29, 1.82) is 5.26 Å². The Bertz CT molecular complexity index is 784. The molecule has 1 amide bonds. The molecule has 0 saturated heterocycles. The van der Waals surface area contributed by atoms with Gasteiger partial charge in [0.15, 0.2) is 0 Å². The lowest BCUT2D eigenvalue weighted by Crippen LogP contribution is -2.31. The van der Waals surface area contributed by atoms with Gasteiger partial charge < -0.3 is 10.1 Å². The van der Waals surface area contributed by atoms with Crippen molar-refractivity contribution in [2.45, 2.75) is 19.3 Å². The highest BCUT2D eigenvalue weighted by molar-refractivity contribution is 8.03. The van der Waals surface area contributed by atoms with E-state index in [2.05, 4.69) is 5.32 Å². The number of esters is 1. The van der Waals surface area contributed by atoms with E-state index >= 15 is 0 Å². The van der Waals surface area contributed by atoms with Gasteiger partial charge in [0.05, 0.1) is 34.0 Å². The van der Waals surface area contributed by atoms with Crippen LogP contribution in [0.3, 0.4) is 0 Å². The molecular weight excluding hydrogens is 346 g/mol. The van der Waals surface area contributed by atoms with E-state index in [1.165, 1.54) is 18.2 Å². The zero-order valence-electron chi connectivity index (χ0n) is 13.4. The Hall–Kier alpha value is -2.86. The van der Waals surface area contributed by atoms with Crippen LogP contribution in [-0.2, 0) is 14.3 Å². The minimum absolute atomic E-state index is 0.00747. The zero-order valence-corrected chi connectivity index (χ0v) is 14.2. The third-order valence-corrected chi connectivity index (χ3v) is 4.47. The number of non-ortho nitro benzene ring substituents is 1. The first kappa shape index (κ1) is 18.5. The normalized spacial score (nSPS) is 16.8. The van der Waals surface area contributed by atoms with Gasteiger partial charge in [-0.05, 0) is 12.5 Å². The van der Waals surface area contributed by atoms with E-state index in [9.17, 15) is 25.0 Å². The summed E-state index contributed by atoms with van der Waals surface area (Å²) in [4.78, 5) is 33.9. The summed E-state index contributed by atoms with van der Waals surface area (Å²) in [6.07, 6.45) is 0.00747. The molecule has 0 aromatic heterocycles. The number of ether oxygens (including phenoxy) is 1. The van der Waals surface area contributed by atoms with Crippen molar-refractivity contribution in [3.05, 3.63) is 50.5 Å². The lowest BCUT2D eigenvalue weighted by Gasteiger charge is -2.24. The van der Waals surface area contributed by atoms with Crippen LogP contribution in [0.1, 0.15) is 24.8 Å². The number of carbonyl (C=O) groups excluding carboxylic acids is 2. The van der Waals surface area contributed by atoms with Gasteiger partial charge in [-0.1, -0.05) is 23.9 Å². The number of nitro benzene ring substituents is 1. The van der Waals surface area contributed by atoms with Crippen LogP contribution >= 0.6 is 11.8 Å². The fourth-order valence-corrected chi connectivity index (χ4v) is 3.28. The average Bonchev–Trinajstić information content (AvgIpc) is 2.59. The molecule has 0 fully saturated rings. The molecule has 25 heavy (non-hydrogen) atoms. The van der Waals surface area contributed by atoms with Gasteiger partial charge in [0, 0.05) is 24.5 Å². The SMILES string of the molecule is CCOC(=O)CSC1=C(C#N)[C@H](c2cccc([N+](=O)[O-])c2)CC(=O)N1. The lowest BCUT2D eigenvalue weighted by molar-refractivity contribution is -0.384. The number of thioether (sulfide) groups is 1. The minimum Gasteiger partial charge on any atom is -0.465 e. The van der Waals surface area contributed by atoms with E-state index in [-0.39, 0.29) is 41.0 Å². The molecule has 0 saturated carbocycles. The van der Waals surface area contributed by atoms with Crippen molar-refractivity contribution in [3.8, 4) is 6.07 Å². The fraction of sp³-hybridized carbons (Fsp3) is 0.312. The molecule has 8 nitrogen and oxygen atoms in total. The Morgan fingerprint density at radius 1 is 1.56 bits per heavy atom. The number of amides is 1. The van der Waals surface area contributed by atoms with Crippen molar-refractivity contribution in [1.82, 2.24) is 5.32 Å². The molecule has 0 bridgehead atoms. The third-order valence-electron chi connectivity index (χ3n) is 3.48. The second-order valence-electron chi connectivity index (χ2n) is 5.11. The number of allylic oxidation sites excluding steroid dienone is 1. The number of rotatable bonds is 6. The van der Waals surface area contributed by atoms with Crippen LogP contribution in [0.15, 0.2) is 34.9 Å². The Labute approximate surface area is 148 Å². The topological polar surface area (TPSA) is 122 Å². The van der Waals surface area contributed by atoms with E-state index in [1.54, 1.807) is 13.0 Å². The van der Waals surface area contributed by atoms with Gasteiger partial charge in [-0.25, -0.2) is 0 Å². The van der Waals surface area contributed by atoms with Crippen molar-refractivity contribution in [2.75, 3.05) is 12.4 Å². The Kier molecular flexibility index (Phi) is 6.14. The molecule has 1 aromatic carbocycles. The molecule has 1 atom stereocenters. The molecule has 0 aliphatic carbocycles. The Morgan fingerprint density at radius 2 is 2.32 bits per heavy atom. The number of nitriles is 1. The highest BCUT2D eigenvalue weighted by atomic mass is 32.2. The maximum absolute atomic E-state index is 12.0. The van der Waals surface area contributed by atoms with E-state index in [4.69, 9.17) is 4.74 Å². The smallest absolute Gasteiger partial charge is 0.316 e. The molecular formula is C16H15N3O5S. The average molecular weight is 361 g/mol. The molecule has 1 N–H and O–H groups in total. The molecule has 2 rings (SSSR count). The van der Waals surface area contributed by atoms with E-state index in [0.29, 0.717) is 5.56 Å². The first-order valence-corrected chi connectivity index (χ1v) is 8.41. The summed E-state index contributed by atoms with van der Waals surface area (Å²) in [5, 5.41) is 23.3. The second kappa shape index (κ2) is 8.30. The summed E-state index contributed by atoms with van der Waals surface area (Å²) in [5.74, 6) is -1.41. The first-order chi connectivity index (χ1) is 12.0. The summed E-state index contributed by atoms with van der Waals surface area (Å²) in [5.41, 5.74) is 0.672. The van der Waals surface area contributed by atoms with Crippen LogP contribution < -0.4 is 5.32 Å². The minimum atomic E-state index is -0.594. The van der Waals surface area contributed by atoms with Crippen molar-refractivity contribution in [2.24, 2.45) is 0 Å². The van der Waals surface area contributed by atoms with Gasteiger partial charge in [0.25, 0.3) is 5.69 Å². The second-order valence-corrected chi connectivity index (χ2v) is 6.09. The molecule has 0 spiro atoms. The van der Waals surface area contributed by atoms with Gasteiger partial charge in [-0.3, -0.25) is 19.7 Å². The maximum Gasteiger partial charge on any atom is 0.316 e. The molecule has 0 unspecified atom stereocenters. The Morgan fingerprint density at radius 3 is 2.96 bits per heavy atom.